The van der Waals surface area contributed by atoms with Crippen LogP contribution in [0.2, 0.25) is 0 Å². The Balaban J connectivity index is 0.000000192. The third kappa shape index (κ3) is 12.4. The maximum absolute atomic E-state index is 3.75. The van der Waals surface area contributed by atoms with Crippen LogP contribution in [0.5, 0.6) is 0 Å². The predicted molar refractivity (Wildman–Crippen MR) is 320 cm³/mol. The average Bonchev–Trinajstić information content (AvgIpc) is 3.84. The van der Waals surface area contributed by atoms with Gasteiger partial charge in [0.1, 0.15) is 0 Å². The van der Waals surface area contributed by atoms with Crippen LogP contribution in [-0.2, 0) is 6.42 Å². The third-order valence-electron chi connectivity index (χ3n) is 13.1. The molecule has 3 nitrogen and oxygen atoms in total. The summed E-state index contributed by atoms with van der Waals surface area (Å²) in [5.41, 5.74) is 22.1. The molecule has 3 N–H and O–H groups in total. The normalized spacial score (nSPS) is 12.6. The number of nitrogens with one attached hydrogen (secondary N) is 3. The predicted octanol–water partition coefficient (Wildman–Crippen LogP) is 19.6. The summed E-state index contributed by atoms with van der Waals surface area (Å²) in [6.07, 6.45) is 23.9. The van der Waals surface area contributed by atoms with E-state index < -0.39 is 0 Å². The minimum Gasteiger partial charge on any atom is -0.393 e. The fourth-order valence-electron chi connectivity index (χ4n) is 9.72. The third-order valence-corrected chi connectivity index (χ3v) is 13.1. The van der Waals surface area contributed by atoms with Crippen molar-refractivity contribution >= 4 is 49.9 Å². The van der Waals surface area contributed by atoms with Gasteiger partial charge in [0.25, 0.3) is 0 Å². The summed E-state index contributed by atoms with van der Waals surface area (Å²) in [6.45, 7) is 10.3. The highest BCUT2D eigenvalue weighted by atomic mass is 14.9. The van der Waals surface area contributed by atoms with E-state index in [4.69, 9.17) is 0 Å². The smallest absolute Gasteiger partial charge is 0.0550 e. The summed E-state index contributed by atoms with van der Waals surface area (Å²) in [4.78, 5) is 3.75. The van der Waals surface area contributed by atoms with Gasteiger partial charge in [-0.3, -0.25) is 0 Å². The molecule has 0 radical (unpaired) electrons. The molecule has 0 bridgehead atoms. The highest BCUT2D eigenvalue weighted by Crippen LogP contribution is 2.41. The van der Waals surface area contributed by atoms with E-state index in [9.17, 15) is 0 Å². The van der Waals surface area contributed by atoms with Crippen molar-refractivity contribution in [1.29, 1.82) is 0 Å². The molecule has 364 valence electrons. The molecule has 1 heterocycles. The van der Waals surface area contributed by atoms with Gasteiger partial charge in [-0.15, -0.1) is 0 Å². The average molecular weight is 952 g/mol. The van der Waals surface area contributed by atoms with Gasteiger partial charge in [0.2, 0.25) is 0 Å². The van der Waals surface area contributed by atoms with Crippen LogP contribution in [0.15, 0.2) is 243 Å². The quantitative estimate of drug-likeness (QED) is 0.0951. The van der Waals surface area contributed by atoms with Gasteiger partial charge in [-0.05, 0) is 148 Å². The Morgan fingerprint density at radius 2 is 1.23 bits per heavy atom. The molecule has 0 aliphatic heterocycles. The second kappa shape index (κ2) is 25.6. The van der Waals surface area contributed by atoms with E-state index >= 15 is 0 Å². The van der Waals surface area contributed by atoms with Crippen molar-refractivity contribution < 1.29 is 0 Å². The summed E-state index contributed by atoms with van der Waals surface area (Å²) in [6, 6.07) is 67.5. The number of fused-ring (bicyclic) bond motifs is 3. The first-order valence-electron chi connectivity index (χ1n) is 26.1. The number of hydrogen-bond acceptors (Lipinski definition) is 2. The highest BCUT2D eigenvalue weighted by Gasteiger charge is 2.17. The number of hydrogen-bond donors (Lipinski definition) is 3. The lowest BCUT2D eigenvalue weighted by molar-refractivity contribution is 1.04. The van der Waals surface area contributed by atoms with Crippen LogP contribution >= 0.6 is 0 Å². The molecule has 0 spiro atoms. The van der Waals surface area contributed by atoms with Crippen molar-refractivity contribution in [2.24, 2.45) is 0 Å². The van der Waals surface area contributed by atoms with E-state index in [1.807, 2.05) is 34.0 Å². The van der Waals surface area contributed by atoms with Gasteiger partial charge in [-0.1, -0.05) is 221 Å². The van der Waals surface area contributed by atoms with Gasteiger partial charge in [0.05, 0.1) is 5.52 Å². The van der Waals surface area contributed by atoms with Crippen LogP contribution in [0.4, 0.5) is 11.4 Å². The number of rotatable bonds is 14. The zero-order chi connectivity index (χ0) is 50.8. The standard InChI is InChI=1S/C37H36N2.C31H27N.C2H6/c1-3-12-32(27-38-2)29-19-21-33(22-20-29)39-34-23-24-36(37(26-34)30-15-8-5-9-16-30)35-18-11-10-17-31(35)25-28-13-6-4-7-14-28;1-3-11-23(12-4-2)26-18-19-27(24-15-9-6-10-16-24)31-30(26)28-21-25(17-20-29(28)32-31)22-13-7-5-8-14-22;1-2/h3-4,6-8,10-24,26-27,38-39H,5,9,25H2,1-2H3;3,5-21,32H,4H2,1-2H3;1-2H3/b12-3-,32-27+;11-3-,23-12+;. The molecule has 0 fully saturated rings. The molecule has 73 heavy (non-hydrogen) atoms. The Morgan fingerprint density at radius 1 is 0.575 bits per heavy atom. The molecule has 8 aromatic carbocycles. The molecule has 3 heteroatoms. The molecule has 0 saturated heterocycles. The molecule has 0 unspecified atom stereocenters. The van der Waals surface area contributed by atoms with Gasteiger partial charge < -0.3 is 15.6 Å². The molecule has 1 aliphatic carbocycles. The van der Waals surface area contributed by atoms with Crippen molar-refractivity contribution in [3.63, 3.8) is 0 Å². The zero-order valence-corrected chi connectivity index (χ0v) is 43.4. The van der Waals surface area contributed by atoms with Crippen LogP contribution in [0.25, 0.3) is 71.9 Å². The molecule has 0 atom stereocenters. The number of aromatic nitrogens is 1. The fourth-order valence-corrected chi connectivity index (χ4v) is 9.72. The van der Waals surface area contributed by atoms with Gasteiger partial charge in [0, 0.05) is 46.5 Å². The first-order chi connectivity index (χ1) is 36.0. The van der Waals surface area contributed by atoms with Crippen LogP contribution < -0.4 is 10.6 Å². The Morgan fingerprint density at radius 3 is 1.92 bits per heavy atom. The summed E-state index contributed by atoms with van der Waals surface area (Å²) < 4.78 is 0. The van der Waals surface area contributed by atoms with E-state index in [1.54, 1.807) is 0 Å². The Hall–Kier alpha value is -8.40. The minimum absolute atomic E-state index is 0.912. The maximum Gasteiger partial charge on any atom is 0.0550 e. The summed E-state index contributed by atoms with van der Waals surface area (Å²) in [7, 11) is 1.93. The van der Waals surface area contributed by atoms with Gasteiger partial charge in [-0.25, -0.2) is 0 Å². The molecule has 9 aromatic rings. The second-order valence-electron chi connectivity index (χ2n) is 17.9. The van der Waals surface area contributed by atoms with E-state index in [-0.39, 0.29) is 0 Å². The highest BCUT2D eigenvalue weighted by molar-refractivity contribution is 6.17. The topological polar surface area (TPSA) is 39.9 Å². The molecule has 10 rings (SSSR count). The molecular formula is C70H69N3. The summed E-state index contributed by atoms with van der Waals surface area (Å²) in [5.74, 6) is 0. The van der Waals surface area contributed by atoms with E-state index in [0.717, 1.165) is 42.6 Å². The van der Waals surface area contributed by atoms with Gasteiger partial charge in [0.15, 0.2) is 0 Å². The lowest BCUT2D eigenvalue weighted by Gasteiger charge is -2.18. The largest absolute Gasteiger partial charge is 0.393 e. The van der Waals surface area contributed by atoms with Crippen molar-refractivity contribution in [2.45, 2.75) is 60.3 Å². The van der Waals surface area contributed by atoms with Crippen LogP contribution in [-0.4, -0.2) is 12.0 Å². The fraction of sp³-hybridized carbons (Fsp3) is 0.143. The van der Waals surface area contributed by atoms with Crippen LogP contribution in [0, 0.1) is 0 Å². The van der Waals surface area contributed by atoms with E-state index in [0.29, 0.717) is 0 Å². The second-order valence-corrected chi connectivity index (χ2v) is 17.9. The molecule has 0 amide bonds. The first-order valence-corrected chi connectivity index (χ1v) is 26.1. The molecular weight excluding hydrogens is 883 g/mol. The number of H-pyrrole nitrogens is 1. The lowest BCUT2D eigenvalue weighted by atomic mass is 9.88. The summed E-state index contributed by atoms with van der Waals surface area (Å²) >= 11 is 0. The van der Waals surface area contributed by atoms with E-state index in [1.165, 1.54) is 94.2 Å². The van der Waals surface area contributed by atoms with Crippen molar-refractivity contribution in [2.75, 3.05) is 12.4 Å². The SMILES string of the molecule is C/C=C\C(=C/CC)c1ccc(-c2ccccc2)c2[nH]c3ccc(-c4ccccc4)cc3c12.C/C=C\C(=C/NC)c1ccc(Nc2ccc(-c3ccccc3Cc3ccccc3)c(C3=CCCC=C3)c2)cc1.CC. The molecule has 1 aliphatic rings. The Bertz CT molecular complexity index is 3420. The Labute approximate surface area is 434 Å². The molecule has 0 saturated carbocycles. The maximum atomic E-state index is 3.75. The van der Waals surface area contributed by atoms with Crippen molar-refractivity contribution in [1.82, 2.24) is 10.3 Å². The summed E-state index contributed by atoms with van der Waals surface area (Å²) in [5, 5.41) is 9.33. The minimum atomic E-state index is 0.912. The number of aromatic amines is 1. The molecule has 1 aromatic heterocycles. The Kier molecular flexibility index (Phi) is 17.9. The van der Waals surface area contributed by atoms with Gasteiger partial charge >= 0.3 is 0 Å². The van der Waals surface area contributed by atoms with Crippen molar-refractivity contribution in [3.8, 4) is 33.4 Å². The number of allylic oxidation sites excluding steroid dienone is 11. The number of benzene rings is 8. The first kappa shape index (κ1) is 51.0. The lowest BCUT2D eigenvalue weighted by Crippen LogP contribution is -1.98. The van der Waals surface area contributed by atoms with Crippen LogP contribution in [0.1, 0.15) is 81.7 Å². The zero-order valence-electron chi connectivity index (χ0n) is 43.4. The number of anilines is 2. The van der Waals surface area contributed by atoms with Crippen LogP contribution in [0.3, 0.4) is 0 Å². The monoisotopic (exact) mass is 952 g/mol. The van der Waals surface area contributed by atoms with Crippen molar-refractivity contribution in [3.05, 3.63) is 271 Å². The van der Waals surface area contributed by atoms with Gasteiger partial charge in [-0.2, -0.15) is 0 Å². The van der Waals surface area contributed by atoms with E-state index in [2.05, 4.69) is 266 Å².